The third kappa shape index (κ3) is 6.92. The monoisotopic (exact) mass is 282 g/mol. The number of hydrogen-bond acceptors (Lipinski definition) is 2. The first-order valence-corrected chi connectivity index (χ1v) is 8.09. The van der Waals surface area contributed by atoms with Gasteiger partial charge in [-0.2, -0.15) is 0 Å². The summed E-state index contributed by atoms with van der Waals surface area (Å²) in [6, 6.07) is 0. The van der Waals surface area contributed by atoms with Gasteiger partial charge >= 0.3 is 0 Å². The Morgan fingerprint density at radius 2 is 0.950 bits per heavy atom. The lowest BCUT2D eigenvalue weighted by Crippen LogP contribution is -2.28. The molecule has 4 heteroatoms. The third-order valence-electron chi connectivity index (χ3n) is 4.12. The van der Waals surface area contributed by atoms with Crippen LogP contribution in [0.2, 0.25) is 0 Å². The second kappa shape index (κ2) is 9.78. The second-order valence-electron chi connectivity index (χ2n) is 5.96. The van der Waals surface area contributed by atoms with E-state index in [1.807, 2.05) is 23.9 Å². The van der Waals surface area contributed by atoms with E-state index >= 15 is 0 Å². The average Bonchev–Trinajstić information content (AvgIpc) is 2.44. The van der Waals surface area contributed by atoms with Gasteiger partial charge in [-0.25, -0.2) is 0 Å². The zero-order valence-electron chi connectivity index (χ0n) is 13.2. The second-order valence-corrected chi connectivity index (χ2v) is 5.96. The molecule has 0 aromatic rings. The first kappa shape index (κ1) is 17.0. The molecule has 1 aliphatic rings. The van der Waals surface area contributed by atoms with E-state index in [1.54, 1.807) is 0 Å². The summed E-state index contributed by atoms with van der Waals surface area (Å²) in [6.07, 6.45) is 9.74. The van der Waals surface area contributed by atoms with Crippen LogP contribution in [0.1, 0.15) is 64.2 Å². The third-order valence-corrected chi connectivity index (χ3v) is 4.12. The predicted molar refractivity (Wildman–Crippen MR) is 81.4 cm³/mol. The van der Waals surface area contributed by atoms with E-state index in [-0.39, 0.29) is 11.8 Å². The number of carbonyl (C=O) groups is 2. The van der Waals surface area contributed by atoms with Crippen LogP contribution in [0.4, 0.5) is 0 Å². The Morgan fingerprint density at radius 1 is 0.600 bits per heavy atom. The van der Waals surface area contributed by atoms with Crippen LogP contribution in [0.25, 0.3) is 0 Å². The van der Waals surface area contributed by atoms with Crippen LogP contribution in [0.15, 0.2) is 0 Å². The number of rotatable bonds is 0. The van der Waals surface area contributed by atoms with Crippen molar-refractivity contribution in [1.29, 1.82) is 0 Å². The highest BCUT2D eigenvalue weighted by Crippen LogP contribution is 2.10. The maximum atomic E-state index is 11.9. The minimum absolute atomic E-state index is 0.271. The van der Waals surface area contributed by atoms with Crippen LogP contribution in [0.5, 0.6) is 0 Å². The summed E-state index contributed by atoms with van der Waals surface area (Å²) in [5, 5.41) is 0. The topological polar surface area (TPSA) is 40.6 Å². The first-order valence-electron chi connectivity index (χ1n) is 8.09. The Labute approximate surface area is 123 Å². The number of amides is 2. The van der Waals surface area contributed by atoms with E-state index < -0.39 is 0 Å². The number of hydrogen-bond donors (Lipinski definition) is 0. The van der Waals surface area contributed by atoms with E-state index in [4.69, 9.17) is 0 Å². The van der Waals surface area contributed by atoms with Crippen molar-refractivity contribution in [1.82, 2.24) is 9.80 Å². The van der Waals surface area contributed by atoms with Crippen molar-refractivity contribution in [3.8, 4) is 0 Å². The first-order chi connectivity index (χ1) is 9.61. The molecular weight excluding hydrogens is 252 g/mol. The number of nitrogens with zero attached hydrogens (tertiary/aromatic N) is 2. The molecule has 1 aliphatic heterocycles. The van der Waals surface area contributed by atoms with Crippen molar-refractivity contribution in [2.24, 2.45) is 0 Å². The highest BCUT2D eigenvalue weighted by atomic mass is 16.2. The van der Waals surface area contributed by atoms with E-state index in [0.717, 1.165) is 64.5 Å². The Balaban J connectivity index is 2.38. The van der Waals surface area contributed by atoms with Gasteiger partial charge < -0.3 is 9.80 Å². The highest BCUT2D eigenvalue weighted by Gasteiger charge is 2.10. The van der Waals surface area contributed by atoms with Crippen LogP contribution in [0, 0.1) is 0 Å². The fourth-order valence-electron chi connectivity index (χ4n) is 2.59. The van der Waals surface area contributed by atoms with Gasteiger partial charge in [0, 0.05) is 40.0 Å². The Morgan fingerprint density at radius 3 is 1.35 bits per heavy atom. The molecule has 1 saturated heterocycles. The summed E-state index contributed by atoms with van der Waals surface area (Å²) in [6.45, 7) is 1.74. The minimum atomic E-state index is 0.271. The summed E-state index contributed by atoms with van der Waals surface area (Å²) in [5.74, 6) is 0.542. The highest BCUT2D eigenvalue weighted by molar-refractivity contribution is 5.76. The van der Waals surface area contributed by atoms with Gasteiger partial charge in [-0.05, 0) is 25.7 Å². The Hall–Kier alpha value is -1.06. The summed E-state index contributed by atoms with van der Waals surface area (Å²) in [7, 11) is 3.83. The predicted octanol–water partition coefficient (Wildman–Crippen LogP) is 2.82. The molecule has 0 atom stereocenters. The van der Waals surface area contributed by atoms with E-state index in [2.05, 4.69) is 0 Å². The SMILES string of the molecule is CN1CCCCCCN(C)C(=O)CCCCCCC1=O. The molecule has 1 rings (SSSR count). The van der Waals surface area contributed by atoms with E-state index in [9.17, 15) is 9.59 Å². The van der Waals surface area contributed by atoms with E-state index in [0.29, 0.717) is 12.8 Å². The van der Waals surface area contributed by atoms with Crippen LogP contribution in [-0.2, 0) is 9.59 Å². The molecule has 20 heavy (non-hydrogen) atoms. The van der Waals surface area contributed by atoms with Crippen molar-refractivity contribution in [3.05, 3.63) is 0 Å². The Kier molecular flexibility index (Phi) is 8.31. The van der Waals surface area contributed by atoms with Gasteiger partial charge in [-0.3, -0.25) is 9.59 Å². The molecule has 0 N–H and O–H groups in total. The minimum Gasteiger partial charge on any atom is -0.346 e. The molecular formula is C16H30N2O2. The molecule has 116 valence electrons. The fraction of sp³-hybridized carbons (Fsp3) is 0.875. The van der Waals surface area contributed by atoms with Crippen LogP contribution >= 0.6 is 0 Å². The van der Waals surface area contributed by atoms with Gasteiger partial charge in [0.1, 0.15) is 0 Å². The van der Waals surface area contributed by atoms with Gasteiger partial charge in [0.25, 0.3) is 0 Å². The molecule has 4 nitrogen and oxygen atoms in total. The summed E-state index contributed by atoms with van der Waals surface area (Å²) in [5.41, 5.74) is 0. The van der Waals surface area contributed by atoms with Crippen LogP contribution in [-0.4, -0.2) is 48.8 Å². The van der Waals surface area contributed by atoms with Gasteiger partial charge in [0.05, 0.1) is 0 Å². The van der Waals surface area contributed by atoms with Crippen molar-refractivity contribution < 1.29 is 9.59 Å². The zero-order chi connectivity index (χ0) is 14.8. The molecule has 0 aliphatic carbocycles. The van der Waals surface area contributed by atoms with Gasteiger partial charge in [0.15, 0.2) is 0 Å². The van der Waals surface area contributed by atoms with Crippen molar-refractivity contribution in [2.75, 3.05) is 27.2 Å². The van der Waals surface area contributed by atoms with Gasteiger partial charge in [0.2, 0.25) is 11.8 Å². The number of carbonyl (C=O) groups excluding carboxylic acids is 2. The largest absolute Gasteiger partial charge is 0.346 e. The van der Waals surface area contributed by atoms with Gasteiger partial charge in [-0.1, -0.05) is 25.7 Å². The molecule has 0 saturated carbocycles. The Bertz CT molecular complexity index is 275. The van der Waals surface area contributed by atoms with Crippen molar-refractivity contribution >= 4 is 11.8 Å². The average molecular weight is 282 g/mol. The molecule has 0 unspecified atom stereocenters. The lowest BCUT2D eigenvalue weighted by atomic mass is 10.1. The molecule has 0 radical (unpaired) electrons. The maximum absolute atomic E-state index is 11.9. The normalized spacial score (nSPS) is 22.1. The quantitative estimate of drug-likeness (QED) is 0.685. The van der Waals surface area contributed by atoms with Gasteiger partial charge in [-0.15, -0.1) is 0 Å². The lowest BCUT2D eigenvalue weighted by Gasteiger charge is -2.19. The summed E-state index contributed by atoms with van der Waals surface area (Å²) >= 11 is 0. The molecule has 0 aromatic carbocycles. The lowest BCUT2D eigenvalue weighted by molar-refractivity contribution is -0.131. The molecule has 2 amide bonds. The summed E-state index contributed by atoms with van der Waals surface area (Å²) in [4.78, 5) is 27.5. The maximum Gasteiger partial charge on any atom is 0.222 e. The van der Waals surface area contributed by atoms with Crippen LogP contribution in [0.3, 0.4) is 0 Å². The molecule has 1 heterocycles. The molecule has 0 aromatic heterocycles. The standard InChI is InChI=1S/C16H30N2O2/c1-17-13-9-5-6-10-14-18(2)16(20)12-8-4-3-7-11-15(17)19/h3-14H2,1-2H3. The molecule has 0 bridgehead atoms. The molecule has 1 fully saturated rings. The van der Waals surface area contributed by atoms with Crippen LogP contribution < -0.4 is 0 Å². The van der Waals surface area contributed by atoms with Crippen molar-refractivity contribution in [2.45, 2.75) is 64.2 Å². The summed E-state index contributed by atoms with van der Waals surface area (Å²) < 4.78 is 0. The fourth-order valence-corrected chi connectivity index (χ4v) is 2.59. The zero-order valence-corrected chi connectivity index (χ0v) is 13.2. The van der Waals surface area contributed by atoms with Crippen molar-refractivity contribution in [3.63, 3.8) is 0 Å². The molecule has 0 spiro atoms. The van der Waals surface area contributed by atoms with E-state index in [1.165, 1.54) is 0 Å². The smallest absolute Gasteiger partial charge is 0.222 e.